The number of carbonyl (C=O) groups excluding carboxylic acids is 2. The van der Waals surface area contributed by atoms with E-state index in [1.807, 2.05) is 6.08 Å². The van der Waals surface area contributed by atoms with Gasteiger partial charge in [0.05, 0.1) is 0 Å². The molecule has 0 aromatic carbocycles. The van der Waals surface area contributed by atoms with Crippen molar-refractivity contribution in [3.8, 4) is 0 Å². The Kier molecular flexibility index (Phi) is 4.55. The second kappa shape index (κ2) is 6.71. The maximum atomic E-state index is 11.9. The fourth-order valence-electron chi connectivity index (χ4n) is 8.61. The van der Waals surface area contributed by atoms with Gasteiger partial charge < -0.3 is 9.47 Å². The van der Waals surface area contributed by atoms with Gasteiger partial charge in [-0.15, -0.1) is 0 Å². The predicted octanol–water partition coefficient (Wildman–Crippen LogP) is 5.37. The summed E-state index contributed by atoms with van der Waals surface area (Å²) in [6.45, 7) is 8.61. The molecule has 1 aliphatic heterocycles. The van der Waals surface area contributed by atoms with E-state index in [9.17, 15) is 9.59 Å². The minimum atomic E-state index is -0.435. The normalized spacial score (nSPS) is 49.5. The number of rotatable bonds is 2. The average molecular weight is 413 g/mol. The Balaban J connectivity index is 1.39. The monoisotopic (exact) mass is 412 g/mol. The number of allylic oxidation sites excluding steroid dienone is 1. The van der Waals surface area contributed by atoms with Crippen LogP contribution in [-0.2, 0) is 19.1 Å². The average Bonchev–Trinajstić information content (AvgIpc) is 3.21. The summed E-state index contributed by atoms with van der Waals surface area (Å²) in [7, 11) is 0. The summed E-state index contributed by atoms with van der Waals surface area (Å²) in [5, 5.41) is 0. The Hall–Kier alpha value is -1.58. The first kappa shape index (κ1) is 20.3. The van der Waals surface area contributed by atoms with Crippen LogP contribution < -0.4 is 0 Å². The van der Waals surface area contributed by atoms with Gasteiger partial charge in [-0.05, 0) is 86.5 Å². The Morgan fingerprint density at radius 2 is 1.90 bits per heavy atom. The second-order valence-electron chi connectivity index (χ2n) is 11.3. The molecule has 0 saturated heterocycles. The zero-order valence-corrected chi connectivity index (χ0v) is 18.9. The molecule has 5 rings (SSSR count). The van der Waals surface area contributed by atoms with Crippen molar-refractivity contribution in [2.24, 2.45) is 34.5 Å². The van der Waals surface area contributed by atoms with Gasteiger partial charge in [-0.2, -0.15) is 0 Å². The molecule has 4 aliphatic carbocycles. The zero-order chi connectivity index (χ0) is 21.3. The quantitative estimate of drug-likeness (QED) is 0.452. The molecule has 0 amide bonds. The molecule has 8 atom stereocenters. The van der Waals surface area contributed by atoms with Gasteiger partial charge in [-0.1, -0.05) is 25.5 Å². The lowest BCUT2D eigenvalue weighted by atomic mass is 9.47. The van der Waals surface area contributed by atoms with E-state index in [-0.39, 0.29) is 28.9 Å². The minimum Gasteiger partial charge on any atom is -0.462 e. The van der Waals surface area contributed by atoms with Crippen molar-refractivity contribution in [1.29, 1.82) is 0 Å². The van der Waals surface area contributed by atoms with Crippen LogP contribution in [0.1, 0.15) is 79.1 Å². The van der Waals surface area contributed by atoms with Crippen LogP contribution in [0.5, 0.6) is 0 Å². The molecule has 0 aromatic heterocycles. The molecular weight excluding hydrogens is 376 g/mol. The Morgan fingerprint density at radius 3 is 2.60 bits per heavy atom. The van der Waals surface area contributed by atoms with Crippen molar-refractivity contribution in [1.82, 2.24) is 0 Å². The third-order valence-electron chi connectivity index (χ3n) is 9.95. The van der Waals surface area contributed by atoms with E-state index in [0.29, 0.717) is 11.8 Å². The van der Waals surface area contributed by atoms with Gasteiger partial charge in [0, 0.05) is 25.3 Å². The Morgan fingerprint density at radius 1 is 1.10 bits per heavy atom. The summed E-state index contributed by atoms with van der Waals surface area (Å²) in [4.78, 5) is 23.3. The lowest BCUT2D eigenvalue weighted by Gasteiger charge is -2.58. The maximum absolute atomic E-state index is 11.9. The molecule has 0 N–H and O–H groups in total. The molecule has 5 aliphatic rings. The van der Waals surface area contributed by atoms with Crippen molar-refractivity contribution in [2.45, 2.75) is 90.8 Å². The number of fused-ring (bicyclic) bond motifs is 5. The number of hydrogen-bond donors (Lipinski definition) is 0. The Bertz CT molecular complexity index is 827. The van der Waals surface area contributed by atoms with E-state index in [1.54, 1.807) is 11.6 Å². The van der Waals surface area contributed by atoms with Crippen molar-refractivity contribution < 1.29 is 19.1 Å². The number of esters is 2. The summed E-state index contributed by atoms with van der Waals surface area (Å²) in [6.07, 6.45) is 15.3. The number of cyclic esters (lactones) is 1. The predicted molar refractivity (Wildman–Crippen MR) is 114 cm³/mol. The van der Waals surface area contributed by atoms with E-state index in [0.717, 1.165) is 43.9 Å². The van der Waals surface area contributed by atoms with Crippen LogP contribution in [-0.4, -0.2) is 23.6 Å². The van der Waals surface area contributed by atoms with Crippen LogP contribution in [0, 0.1) is 34.5 Å². The Labute approximate surface area is 180 Å². The highest BCUT2D eigenvalue weighted by Gasteiger charge is 2.62. The lowest BCUT2D eigenvalue weighted by Crippen LogP contribution is -2.53. The molecule has 0 bridgehead atoms. The van der Waals surface area contributed by atoms with Crippen molar-refractivity contribution in [2.75, 3.05) is 0 Å². The molecule has 0 spiro atoms. The molecule has 0 unspecified atom stereocenters. The maximum Gasteiger partial charge on any atom is 0.331 e. The van der Waals surface area contributed by atoms with Gasteiger partial charge in [-0.25, -0.2) is 4.79 Å². The van der Waals surface area contributed by atoms with Crippen LogP contribution in [0.3, 0.4) is 0 Å². The highest BCUT2D eigenvalue weighted by molar-refractivity contribution is 5.85. The molecule has 4 nitrogen and oxygen atoms in total. The largest absolute Gasteiger partial charge is 0.462 e. The number of ether oxygens (including phenoxy) is 2. The first-order valence-corrected chi connectivity index (χ1v) is 11.9. The van der Waals surface area contributed by atoms with Gasteiger partial charge >= 0.3 is 11.9 Å². The van der Waals surface area contributed by atoms with Crippen molar-refractivity contribution in [3.63, 3.8) is 0 Å². The summed E-state index contributed by atoms with van der Waals surface area (Å²) in [5.74, 6) is 2.22. The second-order valence-corrected chi connectivity index (χ2v) is 11.3. The van der Waals surface area contributed by atoms with E-state index in [2.05, 4.69) is 26.8 Å². The third kappa shape index (κ3) is 2.85. The van der Waals surface area contributed by atoms with Crippen LogP contribution in [0.15, 0.2) is 23.8 Å². The minimum absolute atomic E-state index is 0.0619. The summed E-state index contributed by atoms with van der Waals surface area (Å²) in [5.41, 5.74) is 1.60. The summed E-state index contributed by atoms with van der Waals surface area (Å²) in [6, 6.07) is 0. The van der Waals surface area contributed by atoms with Gasteiger partial charge in [0.25, 0.3) is 0 Å². The standard InChI is InChI=1S/C26H36O4/c1-16(27)29-18-9-12-24(2)17(15-18)5-6-19-20-7-8-22(25(20,3)13-10-21(19)24)26(4)14-11-23(28)30-26/h5,11,14,18-22H,6-10,12-13,15H2,1-4H3/t18-,19-,20-,21-,22-,24-,25-,26+/m0/s1. The van der Waals surface area contributed by atoms with Crippen molar-refractivity contribution in [3.05, 3.63) is 23.8 Å². The molecule has 4 heteroatoms. The van der Waals surface area contributed by atoms with E-state index < -0.39 is 5.60 Å². The van der Waals surface area contributed by atoms with Crippen LogP contribution in [0.4, 0.5) is 0 Å². The number of hydrogen-bond acceptors (Lipinski definition) is 4. The molecule has 164 valence electrons. The highest BCUT2D eigenvalue weighted by atomic mass is 16.6. The fraction of sp³-hybridized carbons (Fsp3) is 0.769. The van der Waals surface area contributed by atoms with Crippen LogP contribution >= 0.6 is 0 Å². The van der Waals surface area contributed by atoms with Crippen molar-refractivity contribution >= 4 is 11.9 Å². The molecule has 30 heavy (non-hydrogen) atoms. The topological polar surface area (TPSA) is 52.6 Å². The molecule has 0 radical (unpaired) electrons. The van der Waals surface area contributed by atoms with Crippen LogP contribution in [0.2, 0.25) is 0 Å². The first-order valence-electron chi connectivity index (χ1n) is 11.9. The molecule has 3 fully saturated rings. The lowest BCUT2D eigenvalue weighted by molar-refractivity contribution is -0.156. The smallest absolute Gasteiger partial charge is 0.331 e. The van der Waals surface area contributed by atoms with E-state index in [1.165, 1.54) is 26.2 Å². The highest BCUT2D eigenvalue weighted by Crippen LogP contribution is 2.68. The summed E-state index contributed by atoms with van der Waals surface area (Å²) >= 11 is 0. The number of carbonyl (C=O) groups is 2. The SMILES string of the molecule is CC(=O)O[C@H]1CC[C@@]2(C)C(=CC[C@H]3[C@@H]4CC[C@H]([C@@]5(C)C=CC(=O)O5)[C@@]4(C)CC[C@@H]32)C1. The zero-order valence-electron chi connectivity index (χ0n) is 18.9. The van der Waals surface area contributed by atoms with Gasteiger partial charge in [0.1, 0.15) is 11.7 Å². The van der Waals surface area contributed by atoms with E-state index >= 15 is 0 Å². The fourth-order valence-corrected chi connectivity index (χ4v) is 8.61. The van der Waals surface area contributed by atoms with Gasteiger partial charge in [-0.3, -0.25) is 4.79 Å². The van der Waals surface area contributed by atoms with Gasteiger partial charge in [0.15, 0.2) is 0 Å². The molecular formula is C26H36O4. The van der Waals surface area contributed by atoms with E-state index in [4.69, 9.17) is 9.47 Å². The molecule has 1 heterocycles. The molecule has 0 aromatic rings. The first-order chi connectivity index (χ1) is 14.2. The van der Waals surface area contributed by atoms with Gasteiger partial charge in [0.2, 0.25) is 0 Å². The summed E-state index contributed by atoms with van der Waals surface area (Å²) < 4.78 is 11.4. The third-order valence-corrected chi connectivity index (χ3v) is 9.95. The molecule has 3 saturated carbocycles. The van der Waals surface area contributed by atoms with Crippen LogP contribution in [0.25, 0.3) is 0 Å².